The molecule has 1 atom stereocenters. The molecule has 1 aromatic rings. The van der Waals surface area contributed by atoms with Gasteiger partial charge in [0.25, 0.3) is 0 Å². The van der Waals surface area contributed by atoms with E-state index in [1.54, 1.807) is 23.9 Å². The third kappa shape index (κ3) is 2.84. The zero-order chi connectivity index (χ0) is 12.7. The highest BCUT2D eigenvalue weighted by atomic mass is 32.2. The third-order valence-corrected chi connectivity index (χ3v) is 6.39. The van der Waals surface area contributed by atoms with Gasteiger partial charge in [-0.25, -0.2) is 8.42 Å². The van der Waals surface area contributed by atoms with Crippen LogP contribution in [0.3, 0.4) is 0 Å². The predicted molar refractivity (Wildman–Crippen MR) is 72.0 cm³/mol. The molecule has 1 aromatic carbocycles. The zero-order valence-corrected chi connectivity index (χ0v) is 11.6. The van der Waals surface area contributed by atoms with Gasteiger partial charge in [0.05, 0.1) is 10.6 Å². The summed E-state index contributed by atoms with van der Waals surface area (Å²) in [5, 5.41) is 0.0269. The molecule has 5 heteroatoms. The van der Waals surface area contributed by atoms with Gasteiger partial charge in [0.2, 0.25) is 0 Å². The van der Waals surface area contributed by atoms with Crippen LogP contribution in [0.4, 0.5) is 0 Å². The lowest BCUT2D eigenvalue weighted by Crippen LogP contribution is -2.35. The fourth-order valence-corrected chi connectivity index (χ4v) is 5.49. The van der Waals surface area contributed by atoms with Gasteiger partial charge in [0.1, 0.15) is 0 Å². The first-order chi connectivity index (χ1) is 7.80. The number of hydrogen-bond donors (Lipinski definition) is 1. The van der Waals surface area contributed by atoms with E-state index >= 15 is 0 Å². The summed E-state index contributed by atoms with van der Waals surface area (Å²) < 4.78 is 23.9. The molecule has 2 N–H and O–H groups in total. The molecule has 1 heterocycles. The van der Waals surface area contributed by atoms with Gasteiger partial charge in [0, 0.05) is 16.5 Å². The average Bonchev–Trinajstić information content (AvgIpc) is 2.48. The molecule has 17 heavy (non-hydrogen) atoms. The molecule has 0 saturated carbocycles. The van der Waals surface area contributed by atoms with Crippen LogP contribution in [0, 0.1) is 0 Å². The minimum absolute atomic E-state index is 0.0269. The lowest BCUT2D eigenvalue weighted by atomic mass is 10.1. The SMILES string of the molecule is CC(C)(N)CSC1CS(=O)(=O)c2ccccc21. The second-order valence-electron chi connectivity index (χ2n) is 5.11. The number of nitrogens with two attached hydrogens (primary N) is 1. The summed E-state index contributed by atoms with van der Waals surface area (Å²) in [5.41, 5.74) is 6.59. The van der Waals surface area contributed by atoms with Crippen molar-refractivity contribution in [2.45, 2.75) is 29.5 Å². The number of fused-ring (bicyclic) bond motifs is 1. The second-order valence-corrected chi connectivity index (χ2v) is 8.30. The molecule has 0 amide bonds. The summed E-state index contributed by atoms with van der Waals surface area (Å²) in [6.07, 6.45) is 0. The van der Waals surface area contributed by atoms with Crippen molar-refractivity contribution in [3.63, 3.8) is 0 Å². The molecule has 94 valence electrons. The summed E-state index contributed by atoms with van der Waals surface area (Å²) in [4.78, 5) is 0.493. The highest BCUT2D eigenvalue weighted by Crippen LogP contribution is 2.42. The lowest BCUT2D eigenvalue weighted by molar-refractivity contribution is 0.589. The Labute approximate surface area is 107 Å². The predicted octanol–water partition coefficient (Wildman–Crippen LogP) is 1.99. The van der Waals surface area contributed by atoms with E-state index in [-0.39, 0.29) is 16.5 Å². The van der Waals surface area contributed by atoms with E-state index in [2.05, 4.69) is 0 Å². The van der Waals surface area contributed by atoms with Crippen LogP contribution in [0.5, 0.6) is 0 Å². The number of thioether (sulfide) groups is 1. The Morgan fingerprint density at radius 3 is 2.71 bits per heavy atom. The number of hydrogen-bond acceptors (Lipinski definition) is 4. The summed E-state index contributed by atoms with van der Waals surface area (Å²) in [7, 11) is -3.08. The maximum Gasteiger partial charge on any atom is 0.180 e. The normalized spacial score (nSPS) is 22.4. The topological polar surface area (TPSA) is 60.2 Å². The summed E-state index contributed by atoms with van der Waals surface area (Å²) in [5.74, 6) is 0.953. The average molecular weight is 271 g/mol. The number of sulfone groups is 1. The minimum Gasteiger partial charge on any atom is -0.325 e. The van der Waals surface area contributed by atoms with Gasteiger partial charge in [-0.1, -0.05) is 18.2 Å². The van der Waals surface area contributed by atoms with Gasteiger partial charge >= 0.3 is 0 Å². The molecule has 0 spiro atoms. The smallest absolute Gasteiger partial charge is 0.180 e. The van der Waals surface area contributed by atoms with Crippen molar-refractivity contribution < 1.29 is 8.42 Å². The Bertz CT molecular complexity index is 518. The van der Waals surface area contributed by atoms with Crippen molar-refractivity contribution in [1.82, 2.24) is 0 Å². The van der Waals surface area contributed by atoms with Crippen molar-refractivity contribution in [2.75, 3.05) is 11.5 Å². The van der Waals surface area contributed by atoms with Gasteiger partial charge in [-0.2, -0.15) is 11.8 Å². The second kappa shape index (κ2) is 4.30. The van der Waals surface area contributed by atoms with Crippen LogP contribution in [-0.4, -0.2) is 25.5 Å². The van der Waals surface area contributed by atoms with E-state index in [1.807, 2.05) is 26.0 Å². The molecule has 0 bridgehead atoms. The number of rotatable bonds is 3. The Morgan fingerprint density at radius 2 is 2.06 bits per heavy atom. The molecule has 0 fully saturated rings. The molecule has 2 rings (SSSR count). The summed E-state index contributed by atoms with van der Waals surface area (Å²) in [6.45, 7) is 3.91. The van der Waals surface area contributed by atoms with E-state index in [0.717, 1.165) is 11.3 Å². The number of benzene rings is 1. The molecule has 0 saturated heterocycles. The molecule has 0 radical (unpaired) electrons. The Kier molecular flexibility index (Phi) is 3.27. The van der Waals surface area contributed by atoms with Crippen LogP contribution in [0.15, 0.2) is 29.2 Å². The quantitative estimate of drug-likeness (QED) is 0.913. The highest BCUT2D eigenvalue weighted by molar-refractivity contribution is 8.01. The fourth-order valence-electron chi connectivity index (χ4n) is 1.86. The Morgan fingerprint density at radius 1 is 1.41 bits per heavy atom. The summed E-state index contributed by atoms with van der Waals surface area (Å²) in [6, 6.07) is 7.26. The maximum absolute atomic E-state index is 11.9. The van der Waals surface area contributed by atoms with E-state index in [9.17, 15) is 8.42 Å². The summed E-state index contributed by atoms with van der Waals surface area (Å²) >= 11 is 1.63. The largest absolute Gasteiger partial charge is 0.325 e. The van der Waals surface area contributed by atoms with Crippen LogP contribution in [0.2, 0.25) is 0 Å². The monoisotopic (exact) mass is 271 g/mol. The highest BCUT2D eigenvalue weighted by Gasteiger charge is 2.35. The maximum atomic E-state index is 11.9. The first-order valence-electron chi connectivity index (χ1n) is 5.52. The van der Waals surface area contributed by atoms with Crippen molar-refractivity contribution in [1.29, 1.82) is 0 Å². The lowest BCUT2D eigenvalue weighted by Gasteiger charge is -2.20. The van der Waals surface area contributed by atoms with Crippen LogP contribution < -0.4 is 5.73 Å². The zero-order valence-electron chi connectivity index (χ0n) is 10.0. The van der Waals surface area contributed by atoms with Gasteiger partial charge in [-0.05, 0) is 25.5 Å². The molecule has 1 aliphatic heterocycles. The first kappa shape index (κ1) is 12.9. The van der Waals surface area contributed by atoms with Crippen molar-refractivity contribution in [2.24, 2.45) is 5.73 Å². The Balaban J connectivity index is 2.24. The van der Waals surface area contributed by atoms with E-state index < -0.39 is 9.84 Å². The fraction of sp³-hybridized carbons (Fsp3) is 0.500. The molecular weight excluding hydrogens is 254 g/mol. The molecule has 1 unspecified atom stereocenters. The first-order valence-corrected chi connectivity index (χ1v) is 8.22. The molecule has 3 nitrogen and oxygen atoms in total. The van der Waals surface area contributed by atoms with Crippen molar-refractivity contribution >= 4 is 21.6 Å². The molecule has 0 aromatic heterocycles. The molecule has 0 aliphatic carbocycles. The van der Waals surface area contributed by atoms with Crippen molar-refractivity contribution in [3.05, 3.63) is 29.8 Å². The van der Waals surface area contributed by atoms with Crippen LogP contribution in [0.25, 0.3) is 0 Å². The van der Waals surface area contributed by atoms with Crippen LogP contribution in [-0.2, 0) is 9.84 Å². The van der Waals surface area contributed by atoms with Crippen LogP contribution >= 0.6 is 11.8 Å². The van der Waals surface area contributed by atoms with E-state index in [4.69, 9.17) is 5.73 Å². The third-order valence-electron chi connectivity index (χ3n) is 2.63. The van der Waals surface area contributed by atoms with Gasteiger partial charge in [0.15, 0.2) is 9.84 Å². The van der Waals surface area contributed by atoms with Crippen molar-refractivity contribution in [3.8, 4) is 0 Å². The Hall–Kier alpha value is -0.520. The van der Waals surface area contributed by atoms with Gasteiger partial charge in [-0.15, -0.1) is 0 Å². The van der Waals surface area contributed by atoms with Gasteiger partial charge in [-0.3, -0.25) is 0 Å². The molecular formula is C12H17NO2S2. The van der Waals surface area contributed by atoms with E-state index in [0.29, 0.717) is 4.90 Å². The standard InChI is InChI=1S/C12H17NO2S2/c1-12(2,13)8-16-10-7-17(14,15)11-6-4-3-5-9(10)11/h3-6,10H,7-8,13H2,1-2H3. The van der Waals surface area contributed by atoms with E-state index in [1.165, 1.54) is 0 Å². The van der Waals surface area contributed by atoms with Crippen LogP contribution in [0.1, 0.15) is 24.7 Å². The van der Waals surface area contributed by atoms with Gasteiger partial charge < -0.3 is 5.73 Å². The molecule has 1 aliphatic rings. The minimum atomic E-state index is -3.08.